The maximum atomic E-state index is 13.6. The lowest BCUT2D eigenvalue weighted by Crippen LogP contribution is -2.54. The second-order valence-corrected chi connectivity index (χ2v) is 12.3. The summed E-state index contributed by atoms with van der Waals surface area (Å²) < 4.78 is 5.45. The molecular formula is C32H31Cl2N3O4S. The number of anilines is 1. The van der Waals surface area contributed by atoms with E-state index in [0.717, 1.165) is 48.3 Å². The van der Waals surface area contributed by atoms with Gasteiger partial charge >= 0.3 is 5.97 Å². The molecule has 2 aromatic carbocycles. The van der Waals surface area contributed by atoms with Crippen molar-refractivity contribution in [1.82, 2.24) is 10.3 Å². The van der Waals surface area contributed by atoms with Crippen LogP contribution in [-0.2, 0) is 20.7 Å². The van der Waals surface area contributed by atoms with Crippen LogP contribution >= 0.6 is 35.0 Å². The molecule has 0 radical (unpaired) electrons. The minimum atomic E-state index is -0.687. The number of rotatable bonds is 10. The number of nitrogens with one attached hydrogen (secondary N) is 2. The van der Waals surface area contributed by atoms with Gasteiger partial charge in [0, 0.05) is 35.1 Å². The number of aromatic nitrogens is 1. The molecular weight excluding hydrogens is 593 g/mol. The molecule has 1 atom stereocenters. The third-order valence-corrected chi connectivity index (χ3v) is 9.31. The molecule has 1 saturated carbocycles. The monoisotopic (exact) mass is 623 g/mol. The van der Waals surface area contributed by atoms with Gasteiger partial charge in [0.05, 0.1) is 32.5 Å². The van der Waals surface area contributed by atoms with Gasteiger partial charge in [-0.15, -0.1) is 0 Å². The lowest BCUT2D eigenvalue weighted by atomic mass is 9.62. The quantitative estimate of drug-likeness (QED) is 0.230. The average molecular weight is 625 g/mol. The number of Topliss-reactive ketones (excluding diaryl/α,β-unsaturated/α-hetero) is 1. The topological polar surface area (TPSA) is 97.4 Å². The highest BCUT2D eigenvalue weighted by atomic mass is 35.5. The standard InChI is InChI=1S/C32H31Cl2N3O4S/c1-2-41-31(40)25(17-20-11-13-21(14-12-20)36-30(39)26-23(33)18-35-19-24(26)34)37-28-27(42-22-9-5-3-6-10-22)29(38)32(28)15-7-4-8-16-32/h3,5-6,9-14,18-19,25,37H,2,4,7-8,15-17H2,1H3,(H,36,39)/t25-/m0/s1. The fraction of sp³-hybridized carbons (Fsp3) is 0.312. The van der Waals surface area contributed by atoms with E-state index < -0.39 is 17.4 Å². The molecule has 218 valence electrons. The van der Waals surface area contributed by atoms with Gasteiger partial charge in [0.2, 0.25) is 0 Å². The number of carbonyl (C=O) groups is 3. The number of ketones is 1. The first-order chi connectivity index (χ1) is 20.3. The Morgan fingerprint density at radius 1 is 1.00 bits per heavy atom. The summed E-state index contributed by atoms with van der Waals surface area (Å²) in [6, 6.07) is 16.3. The van der Waals surface area contributed by atoms with E-state index >= 15 is 0 Å². The van der Waals surface area contributed by atoms with Crippen LogP contribution in [0.15, 0.2) is 82.5 Å². The molecule has 1 spiro atoms. The SMILES string of the molecule is CCOC(=O)[C@H](Cc1ccc(NC(=O)c2c(Cl)cncc2Cl)cc1)NC1=C(Sc2ccccc2)C(=O)C12CCCCC2. The Balaban J connectivity index is 1.36. The van der Waals surface area contributed by atoms with Crippen LogP contribution < -0.4 is 10.6 Å². The van der Waals surface area contributed by atoms with E-state index in [2.05, 4.69) is 15.6 Å². The largest absolute Gasteiger partial charge is 0.464 e. The molecule has 5 rings (SSSR count). The van der Waals surface area contributed by atoms with Gasteiger partial charge in [-0.3, -0.25) is 14.6 Å². The van der Waals surface area contributed by atoms with Crippen molar-refractivity contribution in [3.8, 4) is 0 Å². The first-order valence-corrected chi connectivity index (χ1v) is 15.5. The summed E-state index contributed by atoms with van der Waals surface area (Å²) in [5, 5.41) is 6.60. The Morgan fingerprint density at radius 3 is 2.31 bits per heavy atom. The van der Waals surface area contributed by atoms with Crippen LogP contribution in [0.1, 0.15) is 54.9 Å². The molecule has 7 nitrogen and oxygen atoms in total. The number of allylic oxidation sites excluding steroid dienone is 2. The van der Waals surface area contributed by atoms with Crippen molar-refractivity contribution in [3.05, 3.63) is 98.8 Å². The van der Waals surface area contributed by atoms with E-state index in [0.29, 0.717) is 17.0 Å². The molecule has 2 N–H and O–H groups in total. The fourth-order valence-corrected chi connectivity index (χ4v) is 7.24. The number of thioether (sulfide) groups is 1. The van der Waals surface area contributed by atoms with Gasteiger partial charge in [0.25, 0.3) is 5.91 Å². The molecule has 42 heavy (non-hydrogen) atoms. The Bertz CT molecular complexity index is 1490. The third kappa shape index (κ3) is 6.36. The van der Waals surface area contributed by atoms with Crippen LogP contribution in [0, 0.1) is 5.41 Å². The second-order valence-electron chi connectivity index (χ2n) is 10.4. The van der Waals surface area contributed by atoms with Crippen molar-refractivity contribution < 1.29 is 19.1 Å². The van der Waals surface area contributed by atoms with Crippen LogP contribution in [-0.4, -0.2) is 35.3 Å². The molecule has 3 aromatic rings. The molecule has 2 aliphatic rings. The van der Waals surface area contributed by atoms with Crippen molar-refractivity contribution >= 4 is 58.3 Å². The van der Waals surface area contributed by atoms with Gasteiger partial charge in [0.15, 0.2) is 5.78 Å². The second kappa shape index (κ2) is 13.3. The normalized spacial score (nSPS) is 16.5. The Kier molecular flexibility index (Phi) is 9.56. The van der Waals surface area contributed by atoms with Crippen molar-refractivity contribution in [2.75, 3.05) is 11.9 Å². The highest BCUT2D eigenvalue weighted by Crippen LogP contribution is 2.56. The Hall–Kier alpha value is -3.33. The van der Waals surface area contributed by atoms with Gasteiger partial charge in [-0.05, 0) is 49.6 Å². The highest BCUT2D eigenvalue weighted by Gasteiger charge is 2.54. The summed E-state index contributed by atoms with van der Waals surface area (Å²) in [7, 11) is 0. The molecule has 0 aliphatic heterocycles. The maximum absolute atomic E-state index is 13.6. The van der Waals surface area contributed by atoms with E-state index in [-0.39, 0.29) is 34.0 Å². The number of carbonyl (C=O) groups excluding carboxylic acids is 3. The molecule has 10 heteroatoms. The molecule has 1 heterocycles. The van der Waals surface area contributed by atoms with Gasteiger partial charge in [-0.25, -0.2) is 4.79 Å². The molecule has 0 bridgehead atoms. The van der Waals surface area contributed by atoms with Crippen molar-refractivity contribution in [2.24, 2.45) is 5.41 Å². The third-order valence-electron chi connectivity index (χ3n) is 7.64. The molecule has 1 fully saturated rings. The van der Waals surface area contributed by atoms with E-state index in [4.69, 9.17) is 27.9 Å². The Morgan fingerprint density at radius 2 is 1.67 bits per heavy atom. The molecule has 0 saturated heterocycles. The summed E-state index contributed by atoms with van der Waals surface area (Å²) in [5.74, 6) is -0.664. The number of amides is 1. The van der Waals surface area contributed by atoms with Crippen LogP contribution in [0.2, 0.25) is 10.0 Å². The molecule has 2 aliphatic carbocycles. The van der Waals surface area contributed by atoms with Crippen LogP contribution in [0.5, 0.6) is 0 Å². The lowest BCUT2D eigenvalue weighted by Gasteiger charge is -2.47. The van der Waals surface area contributed by atoms with Crippen LogP contribution in [0.3, 0.4) is 0 Å². The number of halogens is 2. The van der Waals surface area contributed by atoms with Gasteiger partial charge in [-0.1, -0.05) is 84.6 Å². The highest BCUT2D eigenvalue weighted by molar-refractivity contribution is 8.04. The fourth-order valence-electron chi connectivity index (χ4n) is 5.53. The molecule has 1 amide bonds. The first-order valence-electron chi connectivity index (χ1n) is 14.0. The number of benzene rings is 2. The summed E-state index contributed by atoms with van der Waals surface area (Å²) in [6.07, 6.45) is 7.69. The summed E-state index contributed by atoms with van der Waals surface area (Å²) in [4.78, 5) is 45.0. The molecule has 0 unspecified atom stereocenters. The number of hydrogen-bond donors (Lipinski definition) is 2. The number of esters is 1. The summed E-state index contributed by atoms with van der Waals surface area (Å²) in [6.45, 7) is 2.02. The maximum Gasteiger partial charge on any atom is 0.328 e. The lowest BCUT2D eigenvalue weighted by molar-refractivity contribution is -0.146. The number of hydrogen-bond acceptors (Lipinski definition) is 7. The Labute approximate surface area is 259 Å². The number of ether oxygens (including phenoxy) is 1. The van der Waals surface area contributed by atoms with E-state index in [9.17, 15) is 14.4 Å². The van der Waals surface area contributed by atoms with Crippen LogP contribution in [0.4, 0.5) is 5.69 Å². The van der Waals surface area contributed by atoms with Gasteiger partial charge in [-0.2, -0.15) is 0 Å². The predicted molar refractivity (Wildman–Crippen MR) is 166 cm³/mol. The van der Waals surface area contributed by atoms with E-state index in [1.807, 2.05) is 42.5 Å². The smallest absolute Gasteiger partial charge is 0.328 e. The zero-order chi connectivity index (χ0) is 29.7. The number of pyridine rings is 1. The summed E-state index contributed by atoms with van der Waals surface area (Å²) in [5.41, 5.74) is 1.84. The predicted octanol–water partition coefficient (Wildman–Crippen LogP) is 7.24. The zero-order valence-electron chi connectivity index (χ0n) is 23.1. The zero-order valence-corrected chi connectivity index (χ0v) is 25.5. The number of nitrogens with zero attached hydrogens (tertiary/aromatic N) is 1. The average Bonchev–Trinajstić information content (AvgIpc) is 3.00. The van der Waals surface area contributed by atoms with E-state index in [1.54, 1.807) is 19.1 Å². The molecule has 1 aromatic heterocycles. The van der Waals surface area contributed by atoms with Crippen molar-refractivity contribution in [3.63, 3.8) is 0 Å². The van der Waals surface area contributed by atoms with Crippen molar-refractivity contribution in [2.45, 2.75) is 56.4 Å². The van der Waals surface area contributed by atoms with Gasteiger partial charge < -0.3 is 15.4 Å². The van der Waals surface area contributed by atoms with Crippen LogP contribution in [0.25, 0.3) is 0 Å². The minimum absolute atomic E-state index is 0.146. The van der Waals surface area contributed by atoms with Crippen molar-refractivity contribution in [1.29, 1.82) is 0 Å². The van der Waals surface area contributed by atoms with Gasteiger partial charge in [0.1, 0.15) is 6.04 Å². The first kappa shape index (κ1) is 30.1. The summed E-state index contributed by atoms with van der Waals surface area (Å²) >= 11 is 13.7. The van der Waals surface area contributed by atoms with E-state index in [1.165, 1.54) is 24.2 Å². The minimum Gasteiger partial charge on any atom is -0.464 e.